The van der Waals surface area contributed by atoms with E-state index in [0.29, 0.717) is 0 Å². The molecule has 0 saturated carbocycles. The fraction of sp³-hybridized carbons (Fsp3) is 0.875. The van der Waals surface area contributed by atoms with Crippen molar-refractivity contribution in [1.29, 1.82) is 0 Å². The maximum Gasteiger partial charge on any atom is 0.389 e. The van der Waals surface area contributed by atoms with E-state index in [2.05, 4.69) is 0 Å². The second-order valence-electron chi connectivity index (χ2n) is 3.00. The average molecular weight is 214 g/mol. The molecule has 0 fully saturated rings. The summed E-state index contributed by atoms with van der Waals surface area (Å²) in [7, 11) is 0. The van der Waals surface area contributed by atoms with Gasteiger partial charge in [0.2, 0.25) is 0 Å². The van der Waals surface area contributed by atoms with Gasteiger partial charge in [0.05, 0.1) is 12.5 Å². The first-order valence-corrected chi connectivity index (χ1v) is 4.21. The van der Waals surface area contributed by atoms with Crippen LogP contribution in [0, 0.1) is 0 Å². The molecule has 0 unspecified atom stereocenters. The summed E-state index contributed by atoms with van der Waals surface area (Å²) in [6, 6.07) is 0. The molecule has 0 aliphatic heterocycles. The Hall–Kier alpha value is -0.780. The van der Waals surface area contributed by atoms with Gasteiger partial charge in [-0.2, -0.15) is 13.2 Å². The Morgan fingerprint density at radius 3 is 2.50 bits per heavy atom. The zero-order valence-corrected chi connectivity index (χ0v) is 7.80. The number of carbonyl (C=O) groups is 1. The molecule has 14 heavy (non-hydrogen) atoms. The zero-order chi connectivity index (χ0) is 11.2. The first-order valence-electron chi connectivity index (χ1n) is 4.21. The Morgan fingerprint density at radius 1 is 1.50 bits per heavy atom. The molecule has 0 amide bonds. The molecule has 0 saturated heterocycles. The maximum atomic E-state index is 11.6. The van der Waals surface area contributed by atoms with Gasteiger partial charge in [-0.1, -0.05) is 0 Å². The molecule has 1 N–H and O–H groups in total. The highest BCUT2D eigenvalue weighted by Gasteiger charge is 2.26. The smallest absolute Gasteiger partial charge is 0.389 e. The lowest BCUT2D eigenvalue weighted by Crippen LogP contribution is -2.16. The van der Waals surface area contributed by atoms with Gasteiger partial charge in [0.25, 0.3) is 0 Å². The van der Waals surface area contributed by atoms with Crippen molar-refractivity contribution in [3.63, 3.8) is 0 Å². The van der Waals surface area contributed by atoms with Crippen molar-refractivity contribution < 1.29 is 27.8 Å². The summed E-state index contributed by atoms with van der Waals surface area (Å²) in [5.41, 5.74) is 0. The summed E-state index contributed by atoms with van der Waals surface area (Å²) in [5, 5.41) is 8.31. The SMILES string of the molecule is C[C@@H](CC(=O)O)OCCCC(F)(F)F. The molecule has 0 aromatic heterocycles. The van der Waals surface area contributed by atoms with E-state index in [1.165, 1.54) is 6.92 Å². The van der Waals surface area contributed by atoms with E-state index < -0.39 is 24.7 Å². The summed E-state index contributed by atoms with van der Waals surface area (Å²) in [6.07, 6.45) is -5.92. The molecule has 0 aliphatic rings. The third kappa shape index (κ3) is 9.31. The number of aliphatic carboxylic acids is 1. The van der Waals surface area contributed by atoms with E-state index in [-0.39, 0.29) is 19.4 Å². The summed E-state index contributed by atoms with van der Waals surface area (Å²) in [4.78, 5) is 10.1. The number of hydrogen-bond donors (Lipinski definition) is 1. The second kappa shape index (κ2) is 5.85. The van der Waals surface area contributed by atoms with Crippen molar-refractivity contribution in [2.75, 3.05) is 6.61 Å². The summed E-state index contributed by atoms with van der Waals surface area (Å²) < 4.78 is 39.8. The van der Waals surface area contributed by atoms with Crippen molar-refractivity contribution in [2.45, 2.75) is 38.5 Å². The molecular formula is C8H13F3O3. The Morgan fingerprint density at radius 2 is 2.07 bits per heavy atom. The largest absolute Gasteiger partial charge is 0.481 e. The van der Waals surface area contributed by atoms with Gasteiger partial charge in [-0.25, -0.2) is 0 Å². The van der Waals surface area contributed by atoms with Crippen molar-refractivity contribution >= 4 is 5.97 Å². The van der Waals surface area contributed by atoms with E-state index in [0.717, 1.165) is 0 Å². The van der Waals surface area contributed by atoms with Crippen LogP contribution in [0.5, 0.6) is 0 Å². The number of ether oxygens (including phenoxy) is 1. The highest BCUT2D eigenvalue weighted by Crippen LogP contribution is 2.21. The quantitative estimate of drug-likeness (QED) is 0.689. The average Bonchev–Trinajstić information content (AvgIpc) is 1.95. The van der Waals surface area contributed by atoms with Crippen LogP contribution in [-0.4, -0.2) is 30.0 Å². The molecular weight excluding hydrogens is 201 g/mol. The standard InChI is InChI=1S/C8H13F3O3/c1-6(5-7(12)13)14-4-2-3-8(9,10)11/h6H,2-5H2,1H3,(H,12,13)/t6-/m0/s1. The van der Waals surface area contributed by atoms with Crippen molar-refractivity contribution in [2.24, 2.45) is 0 Å². The third-order valence-corrected chi connectivity index (χ3v) is 1.47. The number of carboxylic acids is 1. The Kier molecular flexibility index (Phi) is 5.52. The van der Waals surface area contributed by atoms with Crippen LogP contribution in [0.3, 0.4) is 0 Å². The van der Waals surface area contributed by atoms with Crippen molar-refractivity contribution in [3.05, 3.63) is 0 Å². The lowest BCUT2D eigenvalue weighted by atomic mass is 10.3. The molecule has 0 rings (SSSR count). The maximum absolute atomic E-state index is 11.6. The van der Waals surface area contributed by atoms with Gasteiger partial charge < -0.3 is 9.84 Å². The third-order valence-electron chi connectivity index (χ3n) is 1.47. The van der Waals surface area contributed by atoms with E-state index >= 15 is 0 Å². The molecule has 0 aromatic carbocycles. The Balaban J connectivity index is 3.41. The summed E-state index contributed by atoms with van der Waals surface area (Å²) in [6.45, 7) is 1.45. The molecule has 84 valence electrons. The monoisotopic (exact) mass is 214 g/mol. The highest BCUT2D eigenvalue weighted by molar-refractivity contribution is 5.67. The zero-order valence-electron chi connectivity index (χ0n) is 7.80. The van der Waals surface area contributed by atoms with Gasteiger partial charge in [-0.3, -0.25) is 4.79 Å². The highest BCUT2D eigenvalue weighted by atomic mass is 19.4. The number of carboxylic acid groups (broad SMARTS) is 1. The van der Waals surface area contributed by atoms with Crippen LogP contribution >= 0.6 is 0 Å². The molecule has 3 nitrogen and oxygen atoms in total. The number of alkyl halides is 3. The van der Waals surface area contributed by atoms with Crippen LogP contribution in [0.2, 0.25) is 0 Å². The first-order chi connectivity index (χ1) is 6.31. The fourth-order valence-corrected chi connectivity index (χ4v) is 0.862. The molecule has 0 spiro atoms. The lowest BCUT2D eigenvalue weighted by molar-refractivity contribution is -0.143. The molecule has 6 heteroatoms. The minimum absolute atomic E-state index is 0.0616. The number of rotatable bonds is 6. The van der Waals surface area contributed by atoms with Gasteiger partial charge in [-0.15, -0.1) is 0 Å². The molecule has 0 aliphatic carbocycles. The van der Waals surface area contributed by atoms with Gasteiger partial charge in [-0.05, 0) is 13.3 Å². The normalized spacial score (nSPS) is 14.0. The molecule has 0 bridgehead atoms. The second-order valence-corrected chi connectivity index (χ2v) is 3.00. The lowest BCUT2D eigenvalue weighted by Gasteiger charge is -2.11. The Bertz CT molecular complexity index is 179. The Labute approximate surface area is 79.9 Å². The number of halogens is 3. The number of hydrogen-bond acceptors (Lipinski definition) is 2. The summed E-state index contributed by atoms with van der Waals surface area (Å²) >= 11 is 0. The predicted octanol–water partition coefficient (Wildman–Crippen LogP) is 2.21. The minimum Gasteiger partial charge on any atom is -0.481 e. The van der Waals surface area contributed by atoms with Crippen LogP contribution in [0.1, 0.15) is 26.2 Å². The van der Waals surface area contributed by atoms with E-state index in [9.17, 15) is 18.0 Å². The molecule has 1 atom stereocenters. The van der Waals surface area contributed by atoms with Crippen molar-refractivity contribution in [1.82, 2.24) is 0 Å². The van der Waals surface area contributed by atoms with E-state index in [4.69, 9.17) is 9.84 Å². The summed E-state index contributed by atoms with van der Waals surface area (Å²) in [5.74, 6) is -1.02. The van der Waals surface area contributed by atoms with Gasteiger partial charge in [0.15, 0.2) is 0 Å². The van der Waals surface area contributed by atoms with Crippen LogP contribution < -0.4 is 0 Å². The van der Waals surface area contributed by atoms with Crippen LogP contribution in [-0.2, 0) is 9.53 Å². The van der Waals surface area contributed by atoms with Crippen molar-refractivity contribution in [3.8, 4) is 0 Å². The molecule has 0 radical (unpaired) electrons. The molecule has 0 heterocycles. The van der Waals surface area contributed by atoms with Gasteiger partial charge >= 0.3 is 12.1 Å². The first kappa shape index (κ1) is 13.2. The molecule has 0 aromatic rings. The predicted molar refractivity (Wildman–Crippen MR) is 43.0 cm³/mol. The van der Waals surface area contributed by atoms with Gasteiger partial charge in [0.1, 0.15) is 0 Å². The minimum atomic E-state index is -4.17. The topological polar surface area (TPSA) is 46.5 Å². The van der Waals surface area contributed by atoms with E-state index in [1.807, 2.05) is 0 Å². The van der Waals surface area contributed by atoms with Crippen LogP contribution in [0.4, 0.5) is 13.2 Å². The van der Waals surface area contributed by atoms with E-state index in [1.54, 1.807) is 0 Å². The van der Waals surface area contributed by atoms with Crippen LogP contribution in [0.15, 0.2) is 0 Å². The van der Waals surface area contributed by atoms with Gasteiger partial charge in [0, 0.05) is 13.0 Å². The fourth-order valence-electron chi connectivity index (χ4n) is 0.862. The van der Waals surface area contributed by atoms with Crippen LogP contribution in [0.25, 0.3) is 0 Å².